The lowest BCUT2D eigenvalue weighted by molar-refractivity contribution is -0.383. The van der Waals surface area contributed by atoms with Crippen LogP contribution in [0.15, 0.2) is 18.7 Å². The van der Waals surface area contributed by atoms with Crippen LogP contribution in [0.2, 0.25) is 0 Å². The van der Waals surface area contributed by atoms with Gasteiger partial charge in [-0.2, -0.15) is 5.10 Å². The molecule has 0 fully saturated rings. The molecule has 0 amide bonds. The summed E-state index contributed by atoms with van der Waals surface area (Å²) in [5.41, 5.74) is 2.85. The molecular formula is C10H14N8O2. The van der Waals surface area contributed by atoms with E-state index in [1.54, 1.807) is 29.9 Å². The molecule has 2 heterocycles. The lowest BCUT2D eigenvalue weighted by Crippen LogP contribution is -2.21. The third kappa shape index (κ3) is 2.64. The third-order valence-electron chi connectivity index (χ3n) is 2.66. The molecule has 0 aliphatic heterocycles. The summed E-state index contributed by atoms with van der Waals surface area (Å²) in [7, 11) is 3.50. The van der Waals surface area contributed by atoms with Gasteiger partial charge in [-0.15, -0.1) is 0 Å². The monoisotopic (exact) mass is 278 g/mol. The highest BCUT2D eigenvalue weighted by molar-refractivity contribution is 5.69. The highest BCUT2D eigenvalue weighted by Gasteiger charge is 2.25. The van der Waals surface area contributed by atoms with Gasteiger partial charge in [0.2, 0.25) is 11.6 Å². The smallest absolute Gasteiger partial charge is 0.349 e. The molecule has 0 unspecified atom stereocenters. The summed E-state index contributed by atoms with van der Waals surface area (Å²) in [5, 5.41) is 15.2. The topological polar surface area (TPSA) is 128 Å². The molecule has 2 rings (SSSR count). The fraction of sp³-hybridized carbons (Fsp3) is 0.300. The molecule has 0 radical (unpaired) electrons. The molecular weight excluding hydrogens is 264 g/mol. The van der Waals surface area contributed by atoms with Crippen molar-refractivity contribution in [1.82, 2.24) is 19.7 Å². The first kappa shape index (κ1) is 13.7. The van der Waals surface area contributed by atoms with Crippen LogP contribution in [0.5, 0.6) is 0 Å². The predicted octanol–water partition coefficient (Wildman–Crippen LogP) is 0.0403. The number of nitrogen functional groups attached to an aromatic ring is 1. The second-order valence-electron chi connectivity index (χ2n) is 4.17. The number of nitrogens with one attached hydrogen (secondary N) is 1. The Morgan fingerprint density at radius 2 is 2.30 bits per heavy atom. The van der Waals surface area contributed by atoms with Gasteiger partial charge in [0.1, 0.15) is 6.33 Å². The predicted molar refractivity (Wildman–Crippen MR) is 71.8 cm³/mol. The molecule has 20 heavy (non-hydrogen) atoms. The molecule has 0 aliphatic rings. The van der Waals surface area contributed by atoms with Gasteiger partial charge in [-0.25, -0.2) is 15.8 Å². The summed E-state index contributed by atoms with van der Waals surface area (Å²) in [4.78, 5) is 19.9. The van der Waals surface area contributed by atoms with Crippen LogP contribution >= 0.6 is 0 Å². The molecule has 106 valence electrons. The van der Waals surface area contributed by atoms with Crippen LogP contribution in [-0.4, -0.2) is 31.7 Å². The lowest BCUT2D eigenvalue weighted by atomic mass is 10.3. The number of aromatic nitrogens is 4. The minimum atomic E-state index is -0.565. The minimum absolute atomic E-state index is 0.0296. The van der Waals surface area contributed by atoms with Gasteiger partial charge in [-0.3, -0.25) is 14.8 Å². The molecule has 0 saturated heterocycles. The normalized spacial score (nSPS) is 10.3. The Morgan fingerprint density at radius 3 is 2.85 bits per heavy atom. The number of hydrazine groups is 1. The second kappa shape index (κ2) is 5.48. The van der Waals surface area contributed by atoms with Gasteiger partial charge in [-0.1, -0.05) is 0 Å². The Bertz CT molecular complexity index is 625. The second-order valence-corrected chi connectivity index (χ2v) is 4.17. The Kier molecular flexibility index (Phi) is 3.75. The average molecular weight is 278 g/mol. The maximum Gasteiger partial charge on any atom is 0.354 e. The van der Waals surface area contributed by atoms with E-state index in [2.05, 4.69) is 20.5 Å². The quantitative estimate of drug-likeness (QED) is 0.445. The maximum absolute atomic E-state index is 11.1. The Morgan fingerprint density at radius 1 is 1.55 bits per heavy atom. The summed E-state index contributed by atoms with van der Waals surface area (Å²) < 4.78 is 1.66. The Hall–Kier alpha value is -2.75. The largest absolute Gasteiger partial charge is 0.354 e. The molecule has 2 aromatic heterocycles. The fourth-order valence-electron chi connectivity index (χ4n) is 1.82. The molecule has 10 nitrogen and oxygen atoms in total. The molecule has 3 N–H and O–H groups in total. The molecule has 10 heteroatoms. The van der Waals surface area contributed by atoms with Crippen LogP contribution in [-0.2, 0) is 13.6 Å². The Balaban J connectivity index is 2.34. The SMILES string of the molecule is CN(Cc1cnn(C)c1)c1ncnc(NN)c1[N+](=O)[O-]. The van der Waals surface area contributed by atoms with E-state index in [0.29, 0.717) is 6.54 Å². The first-order valence-corrected chi connectivity index (χ1v) is 5.67. The van der Waals surface area contributed by atoms with Gasteiger partial charge in [0, 0.05) is 32.4 Å². The standard InChI is InChI=1S/C10H14N8O2/c1-16(4-7-3-14-17(2)5-7)10-8(18(19)20)9(15-11)12-6-13-10/h3,5-6H,4,11H2,1-2H3,(H,12,13,15). The van der Waals surface area contributed by atoms with E-state index in [1.807, 2.05) is 6.20 Å². The highest BCUT2D eigenvalue weighted by Crippen LogP contribution is 2.30. The van der Waals surface area contributed by atoms with Crippen LogP contribution < -0.4 is 16.2 Å². The molecule has 0 atom stereocenters. The molecule has 2 aromatic rings. The summed E-state index contributed by atoms with van der Waals surface area (Å²) in [6.45, 7) is 0.426. The van der Waals surface area contributed by atoms with E-state index in [9.17, 15) is 10.1 Å². The van der Waals surface area contributed by atoms with Gasteiger partial charge in [0.25, 0.3) is 0 Å². The van der Waals surface area contributed by atoms with Gasteiger partial charge >= 0.3 is 5.69 Å². The van der Waals surface area contributed by atoms with Crippen molar-refractivity contribution < 1.29 is 4.92 Å². The lowest BCUT2D eigenvalue weighted by Gasteiger charge is -2.17. The van der Waals surface area contributed by atoms with E-state index in [4.69, 9.17) is 5.84 Å². The minimum Gasteiger partial charge on any atom is -0.349 e. The zero-order chi connectivity index (χ0) is 14.7. The van der Waals surface area contributed by atoms with Gasteiger partial charge in [-0.05, 0) is 0 Å². The van der Waals surface area contributed by atoms with Crippen LogP contribution in [0.25, 0.3) is 0 Å². The van der Waals surface area contributed by atoms with Gasteiger partial charge in [0.05, 0.1) is 11.1 Å². The van der Waals surface area contributed by atoms with Crippen molar-refractivity contribution >= 4 is 17.3 Å². The van der Waals surface area contributed by atoms with E-state index >= 15 is 0 Å². The number of aryl methyl sites for hydroxylation is 1. The van der Waals surface area contributed by atoms with Crippen LogP contribution in [0.4, 0.5) is 17.3 Å². The number of nitro groups is 1. The number of nitrogens with two attached hydrogens (primary N) is 1. The molecule has 0 saturated carbocycles. The number of anilines is 2. The van der Waals surface area contributed by atoms with E-state index < -0.39 is 4.92 Å². The maximum atomic E-state index is 11.1. The molecule has 0 spiro atoms. The first-order chi connectivity index (χ1) is 9.52. The van der Waals surface area contributed by atoms with E-state index in [-0.39, 0.29) is 17.3 Å². The fourth-order valence-corrected chi connectivity index (χ4v) is 1.82. The van der Waals surface area contributed by atoms with Crippen LogP contribution in [0, 0.1) is 10.1 Å². The molecule has 0 aromatic carbocycles. The van der Waals surface area contributed by atoms with Crippen molar-refractivity contribution in [1.29, 1.82) is 0 Å². The summed E-state index contributed by atoms with van der Waals surface area (Å²) >= 11 is 0. The van der Waals surface area contributed by atoms with Crippen LogP contribution in [0.1, 0.15) is 5.56 Å². The van der Waals surface area contributed by atoms with Crippen molar-refractivity contribution in [3.63, 3.8) is 0 Å². The van der Waals surface area contributed by atoms with Crippen molar-refractivity contribution in [2.75, 3.05) is 17.4 Å². The van der Waals surface area contributed by atoms with Crippen molar-refractivity contribution in [3.8, 4) is 0 Å². The van der Waals surface area contributed by atoms with Crippen molar-refractivity contribution in [3.05, 3.63) is 34.4 Å². The third-order valence-corrected chi connectivity index (χ3v) is 2.66. The van der Waals surface area contributed by atoms with E-state index in [0.717, 1.165) is 5.56 Å². The van der Waals surface area contributed by atoms with Crippen molar-refractivity contribution in [2.24, 2.45) is 12.9 Å². The summed E-state index contributed by atoms with van der Waals surface area (Å²) in [5.74, 6) is 5.39. The highest BCUT2D eigenvalue weighted by atomic mass is 16.6. The number of hydrogen-bond donors (Lipinski definition) is 2. The number of rotatable bonds is 5. The van der Waals surface area contributed by atoms with Gasteiger partial charge < -0.3 is 10.3 Å². The Labute approximate surface area is 114 Å². The molecule has 0 aliphatic carbocycles. The molecule has 0 bridgehead atoms. The van der Waals surface area contributed by atoms with E-state index in [1.165, 1.54) is 6.33 Å². The number of nitrogens with zero attached hydrogens (tertiary/aromatic N) is 6. The summed E-state index contributed by atoms with van der Waals surface area (Å²) in [6, 6.07) is 0. The first-order valence-electron chi connectivity index (χ1n) is 5.67. The van der Waals surface area contributed by atoms with Gasteiger partial charge in [0.15, 0.2) is 0 Å². The average Bonchev–Trinajstić information content (AvgIpc) is 2.82. The van der Waals surface area contributed by atoms with Crippen LogP contribution in [0.3, 0.4) is 0 Å². The number of hydrogen-bond acceptors (Lipinski definition) is 8. The summed E-state index contributed by atoms with van der Waals surface area (Å²) in [6.07, 6.45) is 4.73. The zero-order valence-electron chi connectivity index (χ0n) is 11.0. The zero-order valence-corrected chi connectivity index (χ0v) is 11.0. The van der Waals surface area contributed by atoms with Crippen molar-refractivity contribution in [2.45, 2.75) is 6.54 Å².